The van der Waals surface area contributed by atoms with Crippen molar-refractivity contribution in [3.8, 4) is 5.75 Å². The first-order chi connectivity index (χ1) is 16.9. The molecule has 7 nitrogen and oxygen atoms in total. The van der Waals surface area contributed by atoms with Gasteiger partial charge in [-0.2, -0.15) is 0 Å². The summed E-state index contributed by atoms with van der Waals surface area (Å²) in [5, 5.41) is 20.4. The molecule has 0 saturated carbocycles. The van der Waals surface area contributed by atoms with Crippen molar-refractivity contribution in [3.05, 3.63) is 46.5 Å². The van der Waals surface area contributed by atoms with Crippen LogP contribution in [0.5, 0.6) is 5.75 Å². The summed E-state index contributed by atoms with van der Waals surface area (Å²) in [6.45, 7) is 4.89. The molecule has 4 atom stereocenters. The van der Waals surface area contributed by atoms with Gasteiger partial charge in [0.25, 0.3) is 0 Å². The first-order valence-corrected chi connectivity index (χ1v) is 12.8. The molecular formula is C27H36BNO6. The SMILES string of the molecule is CCCN1C(=O)[C@@H]2[C@@H](CC(COC)=C3[C@@H](CC/C(=C/c4cccc(O)c4)CC)OB(O)C[C@@H]32)C1=O. The molecule has 2 N–H and O–H groups in total. The number of likely N-dealkylation sites (tertiary alicyclic amines) is 1. The molecule has 2 saturated heterocycles. The third-order valence-corrected chi connectivity index (χ3v) is 7.59. The summed E-state index contributed by atoms with van der Waals surface area (Å²) in [4.78, 5) is 27.8. The number of methoxy groups -OCH3 is 1. The summed E-state index contributed by atoms with van der Waals surface area (Å²) < 4.78 is 11.6. The van der Waals surface area contributed by atoms with Crippen LogP contribution >= 0.6 is 0 Å². The van der Waals surface area contributed by atoms with Crippen molar-refractivity contribution in [2.45, 2.75) is 58.4 Å². The van der Waals surface area contributed by atoms with Gasteiger partial charge in [0.1, 0.15) is 5.75 Å². The van der Waals surface area contributed by atoms with E-state index in [-0.39, 0.29) is 35.5 Å². The molecule has 4 rings (SSSR count). The van der Waals surface area contributed by atoms with E-state index in [9.17, 15) is 19.7 Å². The quantitative estimate of drug-likeness (QED) is 0.316. The summed E-state index contributed by atoms with van der Waals surface area (Å²) in [6, 6.07) is 7.16. The maximum absolute atomic E-state index is 13.3. The van der Waals surface area contributed by atoms with E-state index in [0.29, 0.717) is 32.3 Å². The van der Waals surface area contributed by atoms with Crippen molar-refractivity contribution < 1.29 is 29.1 Å². The van der Waals surface area contributed by atoms with Gasteiger partial charge < -0.3 is 19.5 Å². The summed E-state index contributed by atoms with van der Waals surface area (Å²) in [5.74, 6) is -0.989. The number of amides is 2. The average Bonchev–Trinajstić information content (AvgIpc) is 3.06. The summed E-state index contributed by atoms with van der Waals surface area (Å²) in [6.07, 6.45) is 5.56. The zero-order valence-electron chi connectivity index (χ0n) is 20.9. The highest BCUT2D eigenvalue weighted by Gasteiger charge is 2.57. The highest BCUT2D eigenvalue weighted by molar-refractivity contribution is 6.43. The molecule has 2 heterocycles. The number of nitrogens with zero attached hydrogens (tertiary/aromatic N) is 1. The van der Waals surface area contributed by atoms with Crippen LogP contribution in [-0.4, -0.2) is 60.3 Å². The monoisotopic (exact) mass is 481 g/mol. The van der Waals surface area contributed by atoms with Crippen molar-refractivity contribution in [2.75, 3.05) is 20.3 Å². The van der Waals surface area contributed by atoms with E-state index in [0.717, 1.165) is 36.0 Å². The standard InChI is InChI=1S/C27H36BNO6/c1-4-11-29-26(31)21-14-19(16-34-3)24-22(25(21)27(29)32)15-28(33)35-23(24)10-9-17(5-2)12-18-7-6-8-20(30)13-18/h6-8,12-13,21-23,25,30,33H,4-5,9-11,14-16H2,1-3H3/b17-12+/t21-,22+,23-,25-/m1/s1. The lowest BCUT2D eigenvalue weighted by molar-refractivity contribution is -0.140. The molecule has 0 bridgehead atoms. The lowest BCUT2D eigenvalue weighted by atomic mass is 9.58. The fourth-order valence-corrected chi connectivity index (χ4v) is 6.10. The van der Waals surface area contributed by atoms with E-state index in [1.165, 1.54) is 10.5 Å². The molecule has 188 valence electrons. The molecule has 2 amide bonds. The highest BCUT2D eigenvalue weighted by Crippen LogP contribution is 2.50. The predicted molar refractivity (Wildman–Crippen MR) is 134 cm³/mol. The van der Waals surface area contributed by atoms with Crippen LogP contribution in [0.1, 0.15) is 51.5 Å². The van der Waals surface area contributed by atoms with Crippen LogP contribution < -0.4 is 0 Å². The van der Waals surface area contributed by atoms with Gasteiger partial charge in [-0.05, 0) is 73.2 Å². The summed E-state index contributed by atoms with van der Waals surface area (Å²) in [5.41, 5.74) is 4.23. The lowest BCUT2D eigenvalue weighted by Crippen LogP contribution is -2.46. The first-order valence-electron chi connectivity index (χ1n) is 12.8. The lowest BCUT2D eigenvalue weighted by Gasteiger charge is -2.43. The molecule has 0 aromatic heterocycles. The van der Waals surface area contributed by atoms with E-state index < -0.39 is 13.0 Å². The topological polar surface area (TPSA) is 96.3 Å². The molecule has 0 spiro atoms. The number of allylic oxidation sites excluding steroid dienone is 1. The Kier molecular flexibility index (Phi) is 8.14. The fraction of sp³-hybridized carbons (Fsp3) is 0.556. The maximum atomic E-state index is 13.3. The average molecular weight is 481 g/mol. The van der Waals surface area contributed by atoms with Crippen molar-refractivity contribution >= 4 is 25.0 Å². The van der Waals surface area contributed by atoms with Crippen LogP contribution in [0.3, 0.4) is 0 Å². The van der Waals surface area contributed by atoms with Crippen LogP contribution in [-0.2, 0) is 19.0 Å². The van der Waals surface area contributed by atoms with E-state index in [2.05, 4.69) is 13.0 Å². The number of carbonyl (C=O) groups excluding carboxylic acids is 2. The second-order valence-electron chi connectivity index (χ2n) is 9.87. The normalized spacial score (nSPS) is 26.9. The van der Waals surface area contributed by atoms with Crippen LogP contribution in [0.25, 0.3) is 6.08 Å². The van der Waals surface area contributed by atoms with Gasteiger partial charge in [0.2, 0.25) is 11.8 Å². The second kappa shape index (κ2) is 11.1. The largest absolute Gasteiger partial charge is 0.508 e. The van der Waals surface area contributed by atoms with Crippen LogP contribution in [0.2, 0.25) is 6.32 Å². The van der Waals surface area contributed by atoms with Crippen LogP contribution in [0.15, 0.2) is 41.0 Å². The smallest absolute Gasteiger partial charge is 0.455 e. The number of hydrogen-bond acceptors (Lipinski definition) is 6. The van der Waals surface area contributed by atoms with E-state index in [1.807, 2.05) is 19.1 Å². The predicted octanol–water partition coefficient (Wildman–Crippen LogP) is 3.82. The Labute approximate surface area is 207 Å². The van der Waals surface area contributed by atoms with Gasteiger partial charge >= 0.3 is 7.12 Å². The number of hydrogen-bond donors (Lipinski definition) is 2. The molecular weight excluding hydrogens is 445 g/mol. The van der Waals surface area contributed by atoms with Gasteiger partial charge in [-0.1, -0.05) is 37.6 Å². The molecule has 3 aliphatic rings. The molecule has 8 heteroatoms. The van der Waals surface area contributed by atoms with Crippen molar-refractivity contribution in [1.29, 1.82) is 0 Å². The number of carbonyl (C=O) groups is 2. The summed E-state index contributed by atoms with van der Waals surface area (Å²) >= 11 is 0. The molecule has 2 fully saturated rings. The third-order valence-electron chi connectivity index (χ3n) is 7.59. The summed E-state index contributed by atoms with van der Waals surface area (Å²) in [7, 11) is 0.667. The Balaban J connectivity index is 1.61. The van der Waals surface area contributed by atoms with Crippen molar-refractivity contribution in [3.63, 3.8) is 0 Å². The number of benzene rings is 1. The van der Waals surface area contributed by atoms with Gasteiger partial charge in [0.05, 0.1) is 24.5 Å². The molecule has 2 aliphatic heterocycles. The number of phenols is 1. The molecule has 1 aliphatic carbocycles. The third kappa shape index (κ3) is 5.25. The van der Waals surface area contributed by atoms with Gasteiger partial charge in [-0.3, -0.25) is 14.5 Å². The molecule has 35 heavy (non-hydrogen) atoms. The maximum Gasteiger partial charge on any atom is 0.455 e. The number of rotatable bonds is 9. The molecule has 1 aromatic carbocycles. The van der Waals surface area contributed by atoms with Crippen LogP contribution in [0.4, 0.5) is 0 Å². The van der Waals surface area contributed by atoms with Gasteiger partial charge in [0.15, 0.2) is 0 Å². The van der Waals surface area contributed by atoms with Gasteiger partial charge in [0, 0.05) is 13.7 Å². The Bertz CT molecular complexity index is 1020. The van der Waals surface area contributed by atoms with E-state index >= 15 is 0 Å². The molecule has 0 unspecified atom stereocenters. The second-order valence-corrected chi connectivity index (χ2v) is 9.87. The minimum atomic E-state index is -0.973. The Hall–Kier alpha value is -2.42. The fourth-order valence-electron chi connectivity index (χ4n) is 6.10. The van der Waals surface area contributed by atoms with Gasteiger partial charge in [-0.15, -0.1) is 0 Å². The van der Waals surface area contributed by atoms with E-state index in [4.69, 9.17) is 9.39 Å². The highest BCUT2D eigenvalue weighted by atomic mass is 16.5. The van der Waals surface area contributed by atoms with Gasteiger partial charge in [-0.25, -0.2) is 0 Å². The minimum absolute atomic E-state index is 0.0886. The Morgan fingerprint density at radius 1 is 1.26 bits per heavy atom. The number of phenolic OH excluding ortho intramolecular Hbond substituents is 1. The van der Waals surface area contributed by atoms with Crippen LogP contribution in [0, 0.1) is 17.8 Å². The van der Waals surface area contributed by atoms with Crippen molar-refractivity contribution in [2.24, 2.45) is 17.8 Å². The first kappa shape index (κ1) is 25.7. The number of fused-ring (bicyclic) bond motifs is 3. The number of ether oxygens (including phenoxy) is 1. The Morgan fingerprint density at radius 2 is 2.06 bits per heavy atom. The number of aromatic hydroxyl groups is 1. The van der Waals surface area contributed by atoms with Crippen molar-refractivity contribution in [1.82, 2.24) is 4.90 Å². The number of imide groups is 1. The zero-order chi connectivity index (χ0) is 25.1. The molecule has 1 aromatic rings. The van der Waals surface area contributed by atoms with E-state index in [1.54, 1.807) is 19.2 Å². The zero-order valence-corrected chi connectivity index (χ0v) is 20.9. The Morgan fingerprint density at radius 3 is 2.74 bits per heavy atom. The molecule has 0 radical (unpaired) electrons. The minimum Gasteiger partial charge on any atom is -0.508 e.